The molecule has 0 aliphatic rings. The highest BCUT2D eigenvalue weighted by Gasteiger charge is 2.30. The van der Waals surface area contributed by atoms with Crippen LogP contribution in [0, 0.1) is 10.8 Å². The third-order valence-electron chi connectivity index (χ3n) is 4.64. The molecular weight excluding hydrogens is 296 g/mol. The van der Waals surface area contributed by atoms with Crippen LogP contribution in [0.3, 0.4) is 0 Å². The Morgan fingerprint density at radius 1 is 0.826 bits per heavy atom. The molecule has 0 aromatic heterocycles. The molecule has 0 rings (SSSR count). The van der Waals surface area contributed by atoms with Crippen molar-refractivity contribution < 1.29 is 24.5 Å². The Labute approximate surface area is 140 Å². The van der Waals surface area contributed by atoms with E-state index >= 15 is 0 Å². The van der Waals surface area contributed by atoms with Gasteiger partial charge in [-0.2, -0.15) is 0 Å². The molecule has 136 valence electrons. The molecule has 0 amide bonds. The zero-order chi connectivity index (χ0) is 18.3. The smallest absolute Gasteiger partial charge is 0.309 e. The number of carboxylic acid groups (broad SMARTS) is 2. The van der Waals surface area contributed by atoms with Gasteiger partial charge in [0, 0.05) is 0 Å². The second-order valence-electron chi connectivity index (χ2n) is 7.65. The summed E-state index contributed by atoms with van der Waals surface area (Å²) in [5, 5.41) is 18.4. The summed E-state index contributed by atoms with van der Waals surface area (Å²) in [6.45, 7) is 11.0. The average molecular weight is 330 g/mol. The fourth-order valence-corrected chi connectivity index (χ4v) is 2.27. The van der Waals surface area contributed by atoms with Gasteiger partial charge in [-0.15, -0.1) is 0 Å². The lowest BCUT2D eigenvalue weighted by atomic mass is 9.86. The van der Waals surface area contributed by atoms with Crippen LogP contribution in [-0.2, 0) is 14.3 Å². The average Bonchev–Trinajstić information content (AvgIpc) is 2.46. The summed E-state index contributed by atoms with van der Waals surface area (Å²) in [4.78, 5) is 22.4. The topological polar surface area (TPSA) is 83.8 Å². The van der Waals surface area contributed by atoms with E-state index in [1.54, 1.807) is 27.7 Å². The number of carboxylic acids is 2. The van der Waals surface area contributed by atoms with Crippen molar-refractivity contribution >= 4 is 11.9 Å². The molecule has 0 saturated carbocycles. The lowest BCUT2D eigenvalue weighted by Crippen LogP contribution is -2.29. The minimum absolute atomic E-state index is 0.0199. The first-order valence-corrected chi connectivity index (χ1v) is 8.58. The van der Waals surface area contributed by atoms with Crippen molar-refractivity contribution in [3.05, 3.63) is 0 Å². The van der Waals surface area contributed by atoms with Gasteiger partial charge in [-0.1, -0.05) is 13.8 Å². The van der Waals surface area contributed by atoms with E-state index in [4.69, 9.17) is 4.74 Å². The molecule has 0 saturated heterocycles. The highest BCUT2D eigenvalue weighted by molar-refractivity contribution is 5.73. The van der Waals surface area contributed by atoms with Gasteiger partial charge in [-0.25, -0.2) is 0 Å². The van der Waals surface area contributed by atoms with Crippen LogP contribution in [0.15, 0.2) is 0 Å². The standard InChI is InChI=1S/C18H34O5/c1-7-13(9-11-17(3,4)15(19)20)23-14(8-2)10-12-18(5,6)16(21)22/h13-14H,7-12H2,1-6H3,(H,19,20)(H,21,22). The molecule has 2 atom stereocenters. The van der Waals surface area contributed by atoms with E-state index in [0.29, 0.717) is 25.7 Å². The quantitative estimate of drug-likeness (QED) is 0.556. The third kappa shape index (κ3) is 7.82. The van der Waals surface area contributed by atoms with Crippen LogP contribution in [0.1, 0.15) is 80.1 Å². The van der Waals surface area contributed by atoms with E-state index in [-0.39, 0.29) is 12.2 Å². The van der Waals surface area contributed by atoms with Crippen LogP contribution in [0.25, 0.3) is 0 Å². The van der Waals surface area contributed by atoms with Gasteiger partial charge in [0.2, 0.25) is 0 Å². The summed E-state index contributed by atoms with van der Waals surface area (Å²) < 4.78 is 6.11. The molecule has 0 bridgehead atoms. The van der Waals surface area contributed by atoms with Crippen LogP contribution in [0.5, 0.6) is 0 Å². The molecule has 0 spiro atoms. The van der Waals surface area contributed by atoms with E-state index in [1.165, 1.54) is 0 Å². The highest BCUT2D eigenvalue weighted by Crippen LogP contribution is 2.28. The summed E-state index contributed by atoms with van der Waals surface area (Å²) >= 11 is 0. The number of hydrogen-bond acceptors (Lipinski definition) is 3. The molecule has 23 heavy (non-hydrogen) atoms. The SMILES string of the molecule is CCC(CCC(C)(C)C(=O)O)OC(CC)CCC(C)(C)C(=O)O. The molecule has 0 heterocycles. The van der Waals surface area contributed by atoms with Gasteiger partial charge in [0.15, 0.2) is 0 Å². The Balaban J connectivity index is 4.52. The van der Waals surface area contributed by atoms with Crippen molar-refractivity contribution in [2.24, 2.45) is 10.8 Å². The van der Waals surface area contributed by atoms with E-state index < -0.39 is 22.8 Å². The molecule has 0 aliphatic heterocycles. The Hall–Kier alpha value is -1.10. The first-order valence-electron chi connectivity index (χ1n) is 8.58. The Bertz CT molecular complexity index is 351. The van der Waals surface area contributed by atoms with E-state index in [0.717, 1.165) is 12.8 Å². The van der Waals surface area contributed by atoms with Crippen molar-refractivity contribution in [3.8, 4) is 0 Å². The molecule has 0 fully saturated rings. The second-order valence-corrected chi connectivity index (χ2v) is 7.65. The Morgan fingerprint density at radius 3 is 1.35 bits per heavy atom. The fraction of sp³-hybridized carbons (Fsp3) is 0.889. The maximum Gasteiger partial charge on any atom is 0.309 e. The Kier molecular flexibility index (Phi) is 8.82. The first-order chi connectivity index (χ1) is 10.5. The predicted molar refractivity (Wildman–Crippen MR) is 90.5 cm³/mol. The summed E-state index contributed by atoms with van der Waals surface area (Å²) in [6, 6.07) is 0. The maximum absolute atomic E-state index is 11.2. The number of hydrogen-bond donors (Lipinski definition) is 2. The predicted octanol–water partition coefficient (Wildman–Crippen LogP) is 4.34. The van der Waals surface area contributed by atoms with Crippen LogP contribution in [-0.4, -0.2) is 34.4 Å². The van der Waals surface area contributed by atoms with Gasteiger partial charge in [0.05, 0.1) is 23.0 Å². The van der Waals surface area contributed by atoms with Crippen LogP contribution in [0.2, 0.25) is 0 Å². The van der Waals surface area contributed by atoms with E-state index in [1.807, 2.05) is 13.8 Å². The normalized spacial score (nSPS) is 15.2. The number of carbonyl (C=O) groups is 2. The first kappa shape index (κ1) is 21.9. The lowest BCUT2D eigenvalue weighted by molar-refractivity contribution is -0.148. The van der Waals surface area contributed by atoms with Crippen LogP contribution < -0.4 is 0 Å². The van der Waals surface area contributed by atoms with Crippen molar-refractivity contribution in [1.29, 1.82) is 0 Å². The molecule has 0 radical (unpaired) electrons. The number of aliphatic carboxylic acids is 2. The number of rotatable bonds is 12. The summed E-state index contributed by atoms with van der Waals surface area (Å²) in [5.74, 6) is -1.58. The zero-order valence-electron chi connectivity index (χ0n) is 15.5. The lowest BCUT2D eigenvalue weighted by Gasteiger charge is -2.28. The Morgan fingerprint density at radius 2 is 1.13 bits per heavy atom. The molecular formula is C18H34O5. The van der Waals surface area contributed by atoms with Gasteiger partial charge in [-0.05, 0) is 66.2 Å². The van der Waals surface area contributed by atoms with Crippen molar-refractivity contribution in [2.45, 2.75) is 92.3 Å². The minimum atomic E-state index is -0.789. The molecule has 2 unspecified atom stereocenters. The third-order valence-corrected chi connectivity index (χ3v) is 4.64. The number of ether oxygens (including phenoxy) is 1. The molecule has 0 aromatic rings. The van der Waals surface area contributed by atoms with Crippen LogP contribution in [0.4, 0.5) is 0 Å². The van der Waals surface area contributed by atoms with Gasteiger partial charge in [0.1, 0.15) is 0 Å². The van der Waals surface area contributed by atoms with E-state index in [2.05, 4.69) is 0 Å². The van der Waals surface area contributed by atoms with Crippen molar-refractivity contribution in [1.82, 2.24) is 0 Å². The van der Waals surface area contributed by atoms with Crippen LogP contribution >= 0.6 is 0 Å². The van der Waals surface area contributed by atoms with Gasteiger partial charge in [0.25, 0.3) is 0 Å². The highest BCUT2D eigenvalue weighted by atomic mass is 16.5. The summed E-state index contributed by atoms with van der Waals surface area (Å²) in [5.41, 5.74) is -1.49. The monoisotopic (exact) mass is 330 g/mol. The van der Waals surface area contributed by atoms with E-state index in [9.17, 15) is 19.8 Å². The van der Waals surface area contributed by atoms with Gasteiger partial charge in [-0.3, -0.25) is 9.59 Å². The second kappa shape index (κ2) is 9.26. The summed E-state index contributed by atoms with van der Waals surface area (Å²) in [6.07, 6.45) is 4.24. The fourth-order valence-electron chi connectivity index (χ4n) is 2.27. The molecule has 0 aliphatic carbocycles. The molecule has 2 N–H and O–H groups in total. The zero-order valence-corrected chi connectivity index (χ0v) is 15.5. The molecule has 5 heteroatoms. The minimum Gasteiger partial charge on any atom is -0.481 e. The van der Waals surface area contributed by atoms with Gasteiger partial charge < -0.3 is 14.9 Å². The maximum atomic E-state index is 11.2. The molecule has 0 aromatic carbocycles. The van der Waals surface area contributed by atoms with Gasteiger partial charge >= 0.3 is 11.9 Å². The largest absolute Gasteiger partial charge is 0.481 e. The molecule has 5 nitrogen and oxygen atoms in total. The summed E-state index contributed by atoms with van der Waals surface area (Å²) in [7, 11) is 0. The van der Waals surface area contributed by atoms with Crippen molar-refractivity contribution in [3.63, 3.8) is 0 Å². The van der Waals surface area contributed by atoms with Crippen molar-refractivity contribution in [2.75, 3.05) is 0 Å².